The number of aryl methyl sites for hydroxylation is 1. The molecule has 3 heterocycles. The molecule has 0 atom stereocenters. The van der Waals surface area contributed by atoms with E-state index in [0.717, 1.165) is 23.7 Å². The van der Waals surface area contributed by atoms with Gasteiger partial charge in [0.2, 0.25) is 18.6 Å². The van der Waals surface area contributed by atoms with E-state index in [9.17, 15) is 4.79 Å². The van der Waals surface area contributed by atoms with Crippen LogP contribution in [0.1, 0.15) is 19.2 Å². The summed E-state index contributed by atoms with van der Waals surface area (Å²) in [5.74, 6) is 2.12. The first-order chi connectivity index (χ1) is 14.7. The van der Waals surface area contributed by atoms with E-state index in [1.807, 2.05) is 34.9 Å². The summed E-state index contributed by atoms with van der Waals surface area (Å²) in [4.78, 5) is 12.8. The van der Waals surface area contributed by atoms with Crippen LogP contribution in [0.3, 0.4) is 0 Å². The number of ether oxygens (including phenoxy) is 2. The molecule has 30 heavy (non-hydrogen) atoms. The quantitative estimate of drug-likeness (QED) is 0.522. The van der Waals surface area contributed by atoms with Gasteiger partial charge in [-0.1, -0.05) is 25.1 Å². The summed E-state index contributed by atoms with van der Waals surface area (Å²) in [6.45, 7) is 2.35. The van der Waals surface area contributed by atoms with Crippen molar-refractivity contribution in [1.82, 2.24) is 14.8 Å². The maximum absolute atomic E-state index is 12.8. The van der Waals surface area contributed by atoms with Crippen LogP contribution in [0.5, 0.6) is 11.5 Å². The molecule has 0 bridgehead atoms. The fraction of sp³-hybridized carbons (Fsp3) is 0.227. The summed E-state index contributed by atoms with van der Waals surface area (Å²) in [6, 6.07) is 15.1. The number of nitrogens with one attached hydrogen (secondary N) is 1. The summed E-state index contributed by atoms with van der Waals surface area (Å²) in [6.07, 6.45) is 1.64. The van der Waals surface area contributed by atoms with E-state index in [1.165, 1.54) is 0 Å². The van der Waals surface area contributed by atoms with Gasteiger partial charge in [-0.3, -0.25) is 4.79 Å². The maximum Gasteiger partial charge on any atom is 0.264 e. The van der Waals surface area contributed by atoms with Crippen molar-refractivity contribution < 1.29 is 18.7 Å². The topological polar surface area (TPSA) is 91.4 Å². The molecule has 4 aromatic rings. The van der Waals surface area contributed by atoms with Crippen LogP contribution in [-0.4, -0.2) is 27.5 Å². The third-order valence-corrected chi connectivity index (χ3v) is 4.92. The zero-order chi connectivity index (χ0) is 20.5. The molecular formula is C22H20N4O4. The molecule has 2 aromatic heterocycles. The van der Waals surface area contributed by atoms with Crippen LogP contribution < -0.4 is 14.8 Å². The van der Waals surface area contributed by atoms with Crippen molar-refractivity contribution in [3.8, 4) is 23.1 Å². The van der Waals surface area contributed by atoms with Gasteiger partial charge in [-0.15, -0.1) is 10.2 Å². The SMILES string of the molecule is CCCc1nnc(-c2cc3ccccc3n2CC(=O)Nc2ccc3c(c2)OCO3)o1. The van der Waals surface area contributed by atoms with Gasteiger partial charge in [-0.2, -0.15) is 0 Å². The summed E-state index contributed by atoms with van der Waals surface area (Å²) < 4.78 is 18.4. The number of para-hydroxylation sites is 1. The summed E-state index contributed by atoms with van der Waals surface area (Å²) >= 11 is 0. The standard InChI is InChI=1S/C22H20N4O4/c1-2-5-21-24-25-22(30-21)17-10-14-6-3-4-7-16(14)26(17)12-20(27)23-15-8-9-18-19(11-15)29-13-28-18/h3-4,6-11H,2,5,12-13H2,1H3,(H,23,27). The normalized spacial score (nSPS) is 12.4. The second kappa shape index (κ2) is 7.55. The molecule has 0 radical (unpaired) electrons. The molecule has 5 rings (SSSR count). The van der Waals surface area contributed by atoms with E-state index in [-0.39, 0.29) is 19.2 Å². The van der Waals surface area contributed by atoms with E-state index in [1.54, 1.807) is 18.2 Å². The fourth-order valence-corrected chi connectivity index (χ4v) is 3.55. The minimum absolute atomic E-state index is 0.1000. The average molecular weight is 404 g/mol. The molecule has 0 spiro atoms. The van der Waals surface area contributed by atoms with E-state index >= 15 is 0 Å². The highest BCUT2D eigenvalue weighted by Gasteiger charge is 2.19. The number of aromatic nitrogens is 3. The highest BCUT2D eigenvalue weighted by Crippen LogP contribution is 2.34. The number of fused-ring (bicyclic) bond motifs is 2. The zero-order valence-corrected chi connectivity index (χ0v) is 16.4. The molecule has 0 saturated carbocycles. The van der Waals surface area contributed by atoms with Crippen LogP contribution in [0.25, 0.3) is 22.5 Å². The van der Waals surface area contributed by atoms with Gasteiger partial charge in [0, 0.05) is 29.1 Å². The van der Waals surface area contributed by atoms with Gasteiger partial charge in [0.05, 0.1) is 0 Å². The molecule has 0 aliphatic carbocycles. The number of carbonyl (C=O) groups excluding carboxylic acids is 1. The molecule has 0 fully saturated rings. The molecule has 1 N–H and O–H groups in total. The van der Waals surface area contributed by atoms with Crippen LogP contribution >= 0.6 is 0 Å². The monoisotopic (exact) mass is 404 g/mol. The van der Waals surface area contributed by atoms with Crippen LogP contribution in [0.15, 0.2) is 52.9 Å². The lowest BCUT2D eigenvalue weighted by atomic mass is 10.2. The third kappa shape index (κ3) is 3.36. The Balaban J connectivity index is 1.44. The number of amides is 1. The van der Waals surface area contributed by atoms with Gasteiger partial charge in [0.15, 0.2) is 11.5 Å². The second-order valence-corrected chi connectivity index (χ2v) is 7.04. The first-order valence-electron chi connectivity index (χ1n) is 9.82. The first-order valence-corrected chi connectivity index (χ1v) is 9.82. The number of nitrogens with zero attached hydrogens (tertiary/aromatic N) is 3. The van der Waals surface area contributed by atoms with Gasteiger partial charge in [0.1, 0.15) is 12.2 Å². The van der Waals surface area contributed by atoms with E-state index in [0.29, 0.717) is 34.7 Å². The average Bonchev–Trinajstić information content (AvgIpc) is 3.47. The number of hydrogen-bond donors (Lipinski definition) is 1. The Hall–Kier alpha value is -3.81. The van der Waals surface area contributed by atoms with E-state index in [2.05, 4.69) is 22.4 Å². The molecule has 1 aliphatic heterocycles. The van der Waals surface area contributed by atoms with Gasteiger partial charge >= 0.3 is 0 Å². The number of anilines is 1. The van der Waals surface area contributed by atoms with Crippen LogP contribution in [-0.2, 0) is 17.8 Å². The van der Waals surface area contributed by atoms with Crippen molar-refractivity contribution >= 4 is 22.5 Å². The van der Waals surface area contributed by atoms with Gasteiger partial charge < -0.3 is 23.8 Å². The Morgan fingerprint density at radius 2 is 1.97 bits per heavy atom. The molecule has 0 saturated heterocycles. The number of rotatable bonds is 6. The molecule has 1 aliphatic rings. The largest absolute Gasteiger partial charge is 0.454 e. The fourth-order valence-electron chi connectivity index (χ4n) is 3.55. The highest BCUT2D eigenvalue weighted by atomic mass is 16.7. The molecular weight excluding hydrogens is 384 g/mol. The maximum atomic E-state index is 12.8. The number of carbonyl (C=O) groups is 1. The molecule has 1 amide bonds. The summed E-state index contributed by atoms with van der Waals surface area (Å²) in [5.41, 5.74) is 2.28. The van der Waals surface area contributed by atoms with E-state index < -0.39 is 0 Å². The molecule has 0 unspecified atom stereocenters. The van der Waals surface area contributed by atoms with Gasteiger partial charge in [-0.25, -0.2) is 0 Å². The van der Waals surface area contributed by atoms with Gasteiger partial charge in [-0.05, 0) is 30.7 Å². The lowest BCUT2D eigenvalue weighted by molar-refractivity contribution is -0.116. The smallest absolute Gasteiger partial charge is 0.264 e. The Morgan fingerprint density at radius 1 is 1.10 bits per heavy atom. The van der Waals surface area contributed by atoms with E-state index in [4.69, 9.17) is 13.9 Å². The Bertz CT molecular complexity index is 1230. The first kappa shape index (κ1) is 18.2. The predicted molar refractivity (Wildman–Crippen MR) is 110 cm³/mol. The lowest BCUT2D eigenvalue weighted by Gasteiger charge is -2.10. The second-order valence-electron chi connectivity index (χ2n) is 7.04. The van der Waals surface area contributed by atoms with Crippen molar-refractivity contribution in [1.29, 1.82) is 0 Å². The summed E-state index contributed by atoms with van der Waals surface area (Å²) in [7, 11) is 0. The molecule has 8 nitrogen and oxygen atoms in total. The minimum Gasteiger partial charge on any atom is -0.454 e. The molecule has 8 heteroatoms. The Kier molecular flexibility index (Phi) is 4.59. The third-order valence-electron chi connectivity index (χ3n) is 4.92. The molecule has 152 valence electrons. The zero-order valence-electron chi connectivity index (χ0n) is 16.4. The van der Waals surface area contributed by atoms with Crippen molar-refractivity contribution in [2.45, 2.75) is 26.3 Å². The highest BCUT2D eigenvalue weighted by molar-refractivity contribution is 5.94. The summed E-state index contributed by atoms with van der Waals surface area (Å²) in [5, 5.41) is 12.2. The Labute approximate surface area is 172 Å². The van der Waals surface area contributed by atoms with Crippen molar-refractivity contribution in [3.05, 3.63) is 54.4 Å². The van der Waals surface area contributed by atoms with Crippen LogP contribution in [0.2, 0.25) is 0 Å². The van der Waals surface area contributed by atoms with Crippen molar-refractivity contribution in [2.75, 3.05) is 12.1 Å². The van der Waals surface area contributed by atoms with Crippen molar-refractivity contribution in [2.24, 2.45) is 0 Å². The van der Waals surface area contributed by atoms with Crippen molar-refractivity contribution in [3.63, 3.8) is 0 Å². The number of benzene rings is 2. The molecule has 2 aromatic carbocycles. The lowest BCUT2D eigenvalue weighted by Crippen LogP contribution is -2.19. The minimum atomic E-state index is -0.176. The predicted octanol–water partition coefficient (Wildman–Crippen LogP) is 4.01. The number of hydrogen-bond acceptors (Lipinski definition) is 6. The Morgan fingerprint density at radius 3 is 2.87 bits per heavy atom. The van der Waals surface area contributed by atoms with Crippen LogP contribution in [0, 0.1) is 0 Å². The van der Waals surface area contributed by atoms with Crippen LogP contribution in [0.4, 0.5) is 5.69 Å². The van der Waals surface area contributed by atoms with Gasteiger partial charge in [0.25, 0.3) is 5.89 Å².